The van der Waals surface area contributed by atoms with Gasteiger partial charge in [0, 0.05) is 51.4 Å². The molecule has 19 nitrogen and oxygen atoms in total. The van der Waals surface area contributed by atoms with Gasteiger partial charge in [-0.15, -0.1) is 0 Å². The zero-order valence-electron chi connectivity index (χ0n) is 49.6. The largest absolute Gasteiger partial charge is 0.463 e. The Morgan fingerprint density at radius 2 is 0.506 bits per heavy atom. The second kappa shape index (κ2) is 43.4. The average molecular weight is 1130 g/mol. The number of ether oxygens (including phenoxy) is 11. The molecule has 4 unspecified atom stereocenters. The molecule has 0 radical (unpaired) electrons. The van der Waals surface area contributed by atoms with E-state index in [0.29, 0.717) is 77.0 Å². The van der Waals surface area contributed by atoms with Crippen LogP contribution in [0.4, 0.5) is 0 Å². The van der Waals surface area contributed by atoms with Gasteiger partial charge in [0.05, 0.1) is 0 Å². The Balaban J connectivity index is 3.07. The fourth-order valence-electron chi connectivity index (χ4n) is 9.10. The molecule has 0 aliphatic carbocycles. The molecule has 2 heterocycles. The van der Waals surface area contributed by atoms with Gasteiger partial charge in [0.15, 0.2) is 30.7 Å². The summed E-state index contributed by atoms with van der Waals surface area (Å²) in [4.78, 5) is 110. The topological polar surface area (TPSA) is 238 Å². The summed E-state index contributed by atoms with van der Waals surface area (Å²) in [5.74, 6) is -5.41. The van der Waals surface area contributed by atoms with Gasteiger partial charge in [-0.25, -0.2) is 0 Å². The molecule has 2 aliphatic rings. The zero-order chi connectivity index (χ0) is 58.2. The van der Waals surface area contributed by atoms with Gasteiger partial charge in [-0.1, -0.05) is 158 Å². The maximum atomic E-state index is 14.1. The first-order valence-corrected chi connectivity index (χ1v) is 30.6. The summed E-state index contributed by atoms with van der Waals surface area (Å²) >= 11 is 0. The van der Waals surface area contributed by atoms with E-state index in [9.17, 15) is 38.4 Å². The van der Waals surface area contributed by atoms with Gasteiger partial charge < -0.3 is 52.1 Å². The molecule has 2 saturated heterocycles. The minimum atomic E-state index is -1.84. The lowest BCUT2D eigenvalue weighted by atomic mass is 9.95. The van der Waals surface area contributed by atoms with Crippen molar-refractivity contribution in [2.45, 2.75) is 322 Å². The number of hydrogen-bond donors (Lipinski definition) is 0. The molecular formula is C60H102O19. The van der Waals surface area contributed by atoms with Crippen LogP contribution in [0.1, 0.15) is 261 Å². The van der Waals surface area contributed by atoms with Gasteiger partial charge in [0.25, 0.3) is 0 Å². The lowest BCUT2D eigenvalue weighted by molar-refractivity contribution is -0.358. The van der Waals surface area contributed by atoms with Crippen LogP contribution >= 0.6 is 0 Å². The van der Waals surface area contributed by atoms with Gasteiger partial charge >= 0.3 is 47.8 Å². The second-order valence-corrected chi connectivity index (χ2v) is 21.0. The monoisotopic (exact) mass is 1130 g/mol. The highest BCUT2D eigenvalue weighted by atomic mass is 16.8. The van der Waals surface area contributed by atoms with Gasteiger partial charge in [0.1, 0.15) is 31.5 Å². The molecule has 456 valence electrons. The molecule has 10 atom stereocenters. The van der Waals surface area contributed by atoms with Crippen molar-refractivity contribution in [2.24, 2.45) is 0 Å². The van der Waals surface area contributed by atoms with E-state index in [1.807, 2.05) is 55.4 Å². The number of rotatable bonds is 44. The Morgan fingerprint density at radius 3 is 0.835 bits per heavy atom. The van der Waals surface area contributed by atoms with Crippen LogP contribution in [0.15, 0.2) is 0 Å². The van der Waals surface area contributed by atoms with E-state index >= 15 is 0 Å². The van der Waals surface area contributed by atoms with Crippen LogP contribution in [-0.4, -0.2) is 122 Å². The zero-order valence-corrected chi connectivity index (χ0v) is 49.6. The summed E-state index contributed by atoms with van der Waals surface area (Å²) in [6.45, 7) is 14.7. The predicted molar refractivity (Wildman–Crippen MR) is 293 cm³/mol. The number of unbranched alkanes of at least 4 members (excludes halogenated alkanes) is 16. The van der Waals surface area contributed by atoms with Crippen LogP contribution in [0, 0.1) is 0 Å². The second-order valence-electron chi connectivity index (χ2n) is 21.0. The smallest absolute Gasteiger partial charge is 0.308 e. The van der Waals surface area contributed by atoms with Crippen LogP contribution in [0.2, 0.25) is 0 Å². The van der Waals surface area contributed by atoms with E-state index in [1.165, 1.54) is 0 Å². The minimum Gasteiger partial charge on any atom is -0.463 e. The van der Waals surface area contributed by atoms with Crippen LogP contribution in [-0.2, 0) is 90.5 Å². The molecule has 2 aliphatic heterocycles. The predicted octanol–water partition coefficient (Wildman–Crippen LogP) is 11.7. The van der Waals surface area contributed by atoms with Crippen molar-refractivity contribution in [3.05, 3.63) is 0 Å². The van der Waals surface area contributed by atoms with Crippen LogP contribution in [0.5, 0.6) is 0 Å². The van der Waals surface area contributed by atoms with E-state index in [1.54, 1.807) is 0 Å². The van der Waals surface area contributed by atoms with Crippen molar-refractivity contribution in [3.8, 4) is 0 Å². The van der Waals surface area contributed by atoms with Gasteiger partial charge in [-0.05, 0) is 51.4 Å². The lowest BCUT2D eigenvalue weighted by Gasteiger charge is -2.48. The van der Waals surface area contributed by atoms with Crippen LogP contribution < -0.4 is 0 Å². The molecule has 0 spiro atoms. The highest BCUT2D eigenvalue weighted by molar-refractivity contribution is 5.73. The van der Waals surface area contributed by atoms with Crippen LogP contribution in [0.3, 0.4) is 0 Å². The molecule has 2 rings (SSSR count). The average Bonchev–Trinajstić information content (AvgIpc) is 3.50. The van der Waals surface area contributed by atoms with Crippen molar-refractivity contribution in [3.63, 3.8) is 0 Å². The van der Waals surface area contributed by atoms with Gasteiger partial charge in [-0.3, -0.25) is 38.4 Å². The lowest BCUT2D eigenvalue weighted by Crippen LogP contribution is -2.67. The molecule has 0 bridgehead atoms. The van der Waals surface area contributed by atoms with Crippen LogP contribution in [0.25, 0.3) is 0 Å². The highest BCUT2D eigenvalue weighted by Gasteiger charge is 2.58. The Morgan fingerprint density at radius 1 is 0.266 bits per heavy atom. The third kappa shape index (κ3) is 29.3. The number of esters is 8. The third-order valence-corrected chi connectivity index (χ3v) is 13.8. The normalized spacial score (nSPS) is 22.7. The van der Waals surface area contributed by atoms with Crippen molar-refractivity contribution in [1.29, 1.82) is 0 Å². The Bertz CT molecular complexity index is 1740. The molecule has 2 fully saturated rings. The number of carbonyl (C=O) groups excluding carboxylic acids is 8. The molecule has 19 heteroatoms. The summed E-state index contributed by atoms with van der Waals surface area (Å²) < 4.78 is 69.0. The first-order chi connectivity index (χ1) is 38.2. The molecule has 0 aromatic rings. The van der Waals surface area contributed by atoms with Crippen molar-refractivity contribution >= 4 is 47.8 Å². The first kappa shape index (κ1) is 70.7. The first-order valence-electron chi connectivity index (χ1n) is 30.6. The van der Waals surface area contributed by atoms with Crippen molar-refractivity contribution in [1.82, 2.24) is 0 Å². The summed E-state index contributed by atoms with van der Waals surface area (Å²) in [6, 6.07) is 0. The van der Waals surface area contributed by atoms with Crippen molar-refractivity contribution < 1.29 is 90.5 Å². The highest BCUT2D eigenvalue weighted by Crippen LogP contribution is 2.37. The maximum absolute atomic E-state index is 14.1. The van der Waals surface area contributed by atoms with E-state index in [2.05, 4.69) is 0 Å². The Labute approximate surface area is 472 Å². The fraction of sp³-hybridized carbons (Fsp3) is 0.867. The summed E-state index contributed by atoms with van der Waals surface area (Å²) in [5, 5.41) is 0. The standard InChI is InChI=1S/C60H102O19/c1-9-17-25-33-45(61)69-41-43-53(73-47(63)35-27-19-11-3)55(74-48(64)36-28-20-12-4)58(77-51(67)39-31-23-15-7)60(72-43)79-54-44(42-70-46(62)34-26-18-10-2)71-59(78-52(68)40-32-24-16-8)57(76-50(66)38-30-22-14-6)56(54)75-49(65)37-29-21-13-5/h43-44,53-60H,9-42H2,1-8H3/t43?,44?,53-,54+,55-,56-,57?,58?,59-,60-/m0/s1. The summed E-state index contributed by atoms with van der Waals surface area (Å²) in [5.41, 5.74) is 0. The third-order valence-electron chi connectivity index (χ3n) is 13.8. The van der Waals surface area contributed by atoms with Gasteiger partial charge in [-0.2, -0.15) is 0 Å². The van der Waals surface area contributed by atoms with Crippen molar-refractivity contribution in [2.75, 3.05) is 13.2 Å². The Kier molecular flexibility index (Phi) is 38.8. The molecule has 0 amide bonds. The van der Waals surface area contributed by atoms with E-state index in [4.69, 9.17) is 52.1 Å². The van der Waals surface area contributed by atoms with E-state index in [0.717, 1.165) is 77.0 Å². The minimum absolute atomic E-state index is 0.0150. The fourth-order valence-corrected chi connectivity index (χ4v) is 9.10. The maximum Gasteiger partial charge on any atom is 0.308 e. The van der Waals surface area contributed by atoms with E-state index in [-0.39, 0.29) is 51.4 Å². The Hall–Kier alpha value is -4.36. The summed E-state index contributed by atoms with van der Waals surface area (Å²) in [6.07, 6.45) is -0.529. The molecule has 79 heavy (non-hydrogen) atoms. The van der Waals surface area contributed by atoms with E-state index < -0.39 is 122 Å². The number of hydrogen-bond acceptors (Lipinski definition) is 19. The molecular weight excluding hydrogens is 1020 g/mol. The quantitative estimate of drug-likeness (QED) is 0.0313. The van der Waals surface area contributed by atoms with Gasteiger partial charge in [0.2, 0.25) is 12.4 Å². The number of carbonyl (C=O) groups is 8. The summed E-state index contributed by atoms with van der Waals surface area (Å²) in [7, 11) is 0. The molecule has 0 aromatic heterocycles. The SMILES string of the molecule is CCCCCC(=O)OCC1O[C@@H](OC(=O)CCCCC)C(OC(=O)CCCCC)[C@@H](OC(=O)CCCCC)[C@@H]1O[C@@H]1OC(COC(=O)CCCCC)[C@H](OC(=O)CCCCC)[C@H](OC(=O)CCCCC)C1OC(=O)CCCCC. The molecule has 0 saturated carbocycles. The molecule has 0 N–H and O–H groups in total. The molecule has 0 aromatic carbocycles.